The van der Waals surface area contributed by atoms with Crippen molar-refractivity contribution in [2.75, 3.05) is 13.7 Å². The van der Waals surface area contributed by atoms with Gasteiger partial charge in [0.1, 0.15) is 0 Å². The lowest BCUT2D eigenvalue weighted by molar-refractivity contribution is -0.155. The molecular weight excluding hydrogens is 300 g/mol. The van der Waals surface area contributed by atoms with Crippen LogP contribution in [0.5, 0.6) is 0 Å². The molecule has 0 radical (unpaired) electrons. The zero-order valence-electron chi connectivity index (χ0n) is 14.9. The molecule has 0 aliphatic heterocycles. The second-order valence-electron chi connectivity index (χ2n) is 6.48. The smallest absolute Gasteiger partial charge is 0.309 e. The highest BCUT2D eigenvalue weighted by Gasteiger charge is 2.36. The van der Waals surface area contributed by atoms with Crippen LogP contribution in [0.2, 0.25) is 0 Å². The van der Waals surface area contributed by atoms with Crippen LogP contribution in [0.1, 0.15) is 59.8 Å². The van der Waals surface area contributed by atoms with Crippen LogP contribution in [0.25, 0.3) is 0 Å². The summed E-state index contributed by atoms with van der Waals surface area (Å²) < 4.78 is 10.00. The average Bonchev–Trinajstić information content (AvgIpc) is 2.50. The van der Waals surface area contributed by atoms with Gasteiger partial charge in [0.25, 0.3) is 0 Å². The molecule has 23 heavy (non-hydrogen) atoms. The molecule has 0 spiro atoms. The van der Waals surface area contributed by atoms with Gasteiger partial charge in [-0.05, 0) is 39.5 Å². The van der Waals surface area contributed by atoms with Gasteiger partial charge < -0.3 is 14.6 Å². The van der Waals surface area contributed by atoms with E-state index in [1.807, 2.05) is 13.8 Å². The number of carbonyl (C=O) groups excluding carboxylic acids is 2. The van der Waals surface area contributed by atoms with Gasteiger partial charge in [0.2, 0.25) is 0 Å². The molecule has 134 valence electrons. The third-order valence-corrected chi connectivity index (χ3v) is 4.01. The summed E-state index contributed by atoms with van der Waals surface area (Å²) in [6.45, 7) is 7.28. The summed E-state index contributed by atoms with van der Waals surface area (Å²) in [6, 6.07) is 0. The number of carboxylic acids is 1. The fourth-order valence-corrected chi connectivity index (χ4v) is 2.34. The van der Waals surface area contributed by atoms with E-state index in [4.69, 9.17) is 9.47 Å². The standard InChI is InChI=1S/C17H30O6/c1-6-8-9-23-15(19)13(11-17(3,4)16(20)21)10-12(7-2)14(18)22-5/h12-13H,6-11H2,1-5H3,(H,20,21). The number of unbranched alkanes of at least 4 members (excludes halogenated alkanes) is 1. The van der Waals surface area contributed by atoms with E-state index < -0.39 is 29.2 Å². The molecule has 0 aliphatic carbocycles. The molecule has 0 rings (SSSR count). The Morgan fingerprint density at radius 2 is 1.70 bits per heavy atom. The van der Waals surface area contributed by atoms with Crippen LogP contribution in [0.15, 0.2) is 0 Å². The normalized spacial score (nSPS) is 14.0. The van der Waals surface area contributed by atoms with Gasteiger partial charge in [-0.2, -0.15) is 0 Å². The zero-order valence-corrected chi connectivity index (χ0v) is 14.9. The van der Waals surface area contributed by atoms with Gasteiger partial charge in [0.05, 0.1) is 31.0 Å². The van der Waals surface area contributed by atoms with Crippen LogP contribution >= 0.6 is 0 Å². The molecule has 0 heterocycles. The van der Waals surface area contributed by atoms with Crippen molar-refractivity contribution < 1.29 is 29.0 Å². The molecule has 0 bridgehead atoms. The fourth-order valence-electron chi connectivity index (χ4n) is 2.34. The Morgan fingerprint density at radius 1 is 1.09 bits per heavy atom. The van der Waals surface area contributed by atoms with Gasteiger partial charge in [0.15, 0.2) is 0 Å². The first-order valence-corrected chi connectivity index (χ1v) is 8.17. The number of methoxy groups -OCH3 is 1. The second-order valence-corrected chi connectivity index (χ2v) is 6.48. The highest BCUT2D eigenvalue weighted by Crippen LogP contribution is 2.31. The van der Waals surface area contributed by atoms with Crippen LogP contribution in [-0.2, 0) is 23.9 Å². The Hall–Kier alpha value is -1.59. The third-order valence-electron chi connectivity index (χ3n) is 4.01. The van der Waals surface area contributed by atoms with Crippen LogP contribution in [-0.4, -0.2) is 36.7 Å². The van der Waals surface area contributed by atoms with Crippen LogP contribution in [0.3, 0.4) is 0 Å². The summed E-state index contributed by atoms with van der Waals surface area (Å²) in [6.07, 6.45) is 2.55. The highest BCUT2D eigenvalue weighted by molar-refractivity contribution is 5.78. The van der Waals surface area contributed by atoms with Crippen molar-refractivity contribution in [3.63, 3.8) is 0 Å². The molecule has 0 saturated carbocycles. The monoisotopic (exact) mass is 330 g/mol. The van der Waals surface area contributed by atoms with E-state index >= 15 is 0 Å². The minimum absolute atomic E-state index is 0.126. The molecule has 6 heteroatoms. The zero-order chi connectivity index (χ0) is 18.0. The molecule has 0 amide bonds. The summed E-state index contributed by atoms with van der Waals surface area (Å²) in [5.74, 6) is -2.87. The number of carboxylic acid groups (broad SMARTS) is 1. The van der Waals surface area contributed by atoms with Gasteiger partial charge in [-0.1, -0.05) is 20.3 Å². The van der Waals surface area contributed by atoms with Gasteiger partial charge >= 0.3 is 17.9 Å². The molecule has 0 aliphatic rings. The molecule has 0 aromatic carbocycles. The highest BCUT2D eigenvalue weighted by atomic mass is 16.5. The minimum atomic E-state index is -1.07. The van der Waals surface area contributed by atoms with Gasteiger partial charge in [-0.15, -0.1) is 0 Å². The molecule has 2 atom stereocenters. The van der Waals surface area contributed by atoms with Gasteiger partial charge in [0, 0.05) is 0 Å². The Bertz CT molecular complexity index is 402. The Balaban J connectivity index is 5.08. The Morgan fingerprint density at radius 3 is 2.13 bits per heavy atom. The largest absolute Gasteiger partial charge is 0.481 e. The molecule has 2 unspecified atom stereocenters. The van der Waals surface area contributed by atoms with E-state index in [1.165, 1.54) is 7.11 Å². The van der Waals surface area contributed by atoms with Crippen molar-refractivity contribution in [2.45, 2.75) is 59.8 Å². The summed E-state index contributed by atoms with van der Waals surface area (Å²) in [4.78, 5) is 35.4. The van der Waals surface area contributed by atoms with Crippen molar-refractivity contribution in [1.82, 2.24) is 0 Å². The maximum absolute atomic E-state index is 12.3. The number of hydrogen-bond acceptors (Lipinski definition) is 5. The van der Waals surface area contributed by atoms with Crippen LogP contribution in [0.4, 0.5) is 0 Å². The number of hydrogen-bond donors (Lipinski definition) is 1. The summed E-state index contributed by atoms with van der Waals surface area (Å²) in [5, 5.41) is 9.29. The van der Waals surface area contributed by atoms with E-state index in [1.54, 1.807) is 13.8 Å². The molecule has 0 aromatic heterocycles. The lowest BCUT2D eigenvalue weighted by atomic mass is 9.79. The number of aliphatic carboxylic acids is 1. The minimum Gasteiger partial charge on any atom is -0.481 e. The maximum Gasteiger partial charge on any atom is 0.309 e. The second kappa shape index (κ2) is 10.2. The van der Waals surface area contributed by atoms with Crippen molar-refractivity contribution >= 4 is 17.9 Å². The molecule has 1 N–H and O–H groups in total. The predicted molar refractivity (Wildman–Crippen MR) is 85.8 cm³/mol. The van der Waals surface area contributed by atoms with Crippen LogP contribution in [0, 0.1) is 17.3 Å². The summed E-state index contributed by atoms with van der Waals surface area (Å²) >= 11 is 0. The Kier molecular flexibility index (Phi) is 9.53. The predicted octanol–water partition coefficient (Wildman–Crippen LogP) is 3.04. The molecule has 6 nitrogen and oxygen atoms in total. The fraction of sp³-hybridized carbons (Fsp3) is 0.824. The SMILES string of the molecule is CCCCOC(=O)C(CC(CC)C(=O)OC)CC(C)(C)C(=O)O. The Labute approximate surface area is 138 Å². The number of carbonyl (C=O) groups is 3. The first-order chi connectivity index (χ1) is 10.7. The summed E-state index contributed by atoms with van der Waals surface area (Å²) in [7, 11) is 1.31. The van der Waals surface area contributed by atoms with Gasteiger partial charge in [-0.3, -0.25) is 14.4 Å². The van der Waals surface area contributed by atoms with E-state index in [0.29, 0.717) is 13.0 Å². The van der Waals surface area contributed by atoms with E-state index in [-0.39, 0.29) is 18.8 Å². The van der Waals surface area contributed by atoms with Crippen molar-refractivity contribution in [3.05, 3.63) is 0 Å². The quantitative estimate of drug-likeness (QED) is 0.462. The molecular formula is C17H30O6. The van der Waals surface area contributed by atoms with E-state index in [0.717, 1.165) is 12.8 Å². The number of rotatable bonds is 11. The maximum atomic E-state index is 12.3. The third kappa shape index (κ3) is 7.48. The molecule has 0 saturated heterocycles. The first kappa shape index (κ1) is 21.4. The van der Waals surface area contributed by atoms with Crippen molar-refractivity contribution in [2.24, 2.45) is 17.3 Å². The summed E-state index contributed by atoms with van der Waals surface area (Å²) in [5.41, 5.74) is -1.07. The number of ether oxygens (including phenoxy) is 2. The van der Waals surface area contributed by atoms with Crippen molar-refractivity contribution in [3.8, 4) is 0 Å². The lowest BCUT2D eigenvalue weighted by Gasteiger charge is -2.26. The van der Waals surface area contributed by atoms with E-state index in [2.05, 4.69) is 0 Å². The van der Waals surface area contributed by atoms with E-state index in [9.17, 15) is 19.5 Å². The van der Waals surface area contributed by atoms with Crippen molar-refractivity contribution in [1.29, 1.82) is 0 Å². The van der Waals surface area contributed by atoms with Gasteiger partial charge in [-0.25, -0.2) is 0 Å². The topological polar surface area (TPSA) is 89.9 Å². The lowest BCUT2D eigenvalue weighted by Crippen LogP contribution is -2.33. The molecule has 0 aromatic rings. The van der Waals surface area contributed by atoms with Crippen LogP contribution < -0.4 is 0 Å². The number of esters is 2. The first-order valence-electron chi connectivity index (χ1n) is 8.17. The average molecular weight is 330 g/mol. The molecule has 0 fully saturated rings.